The Hall–Kier alpha value is -0.900. The standard InChI is InChI=1S/C9H13NO2S/c1-6-10-5-7(13-6)4-9(2,3)8(11)12/h5H,4H2,1-3H3,(H,11,12). The van der Waals surface area contributed by atoms with E-state index in [0.29, 0.717) is 6.42 Å². The Morgan fingerprint density at radius 1 is 1.69 bits per heavy atom. The van der Waals surface area contributed by atoms with Crippen LogP contribution in [0.3, 0.4) is 0 Å². The summed E-state index contributed by atoms with van der Waals surface area (Å²) < 4.78 is 0. The molecule has 0 aliphatic carbocycles. The summed E-state index contributed by atoms with van der Waals surface area (Å²) in [5, 5.41) is 9.88. The third-order valence-electron chi connectivity index (χ3n) is 1.86. The molecule has 3 nitrogen and oxygen atoms in total. The number of carboxylic acids is 1. The van der Waals surface area contributed by atoms with Crippen LogP contribution in [0.15, 0.2) is 6.20 Å². The molecule has 0 spiro atoms. The lowest BCUT2D eigenvalue weighted by molar-refractivity contribution is -0.146. The van der Waals surface area contributed by atoms with Gasteiger partial charge in [-0.25, -0.2) is 4.98 Å². The van der Waals surface area contributed by atoms with E-state index in [2.05, 4.69) is 4.98 Å². The van der Waals surface area contributed by atoms with E-state index in [0.717, 1.165) is 9.88 Å². The van der Waals surface area contributed by atoms with Crippen LogP contribution in [0.2, 0.25) is 0 Å². The monoisotopic (exact) mass is 199 g/mol. The Morgan fingerprint density at radius 3 is 2.69 bits per heavy atom. The van der Waals surface area contributed by atoms with Gasteiger partial charge in [-0.2, -0.15) is 0 Å². The van der Waals surface area contributed by atoms with E-state index < -0.39 is 11.4 Å². The molecule has 0 saturated carbocycles. The molecule has 1 heterocycles. The summed E-state index contributed by atoms with van der Waals surface area (Å²) in [6, 6.07) is 0. The van der Waals surface area contributed by atoms with Gasteiger partial charge in [-0.05, 0) is 27.2 Å². The molecule has 0 aliphatic rings. The van der Waals surface area contributed by atoms with Gasteiger partial charge in [-0.3, -0.25) is 4.79 Å². The number of carboxylic acid groups (broad SMARTS) is 1. The zero-order chi connectivity index (χ0) is 10.1. The quantitative estimate of drug-likeness (QED) is 0.811. The summed E-state index contributed by atoms with van der Waals surface area (Å²) in [6.45, 7) is 5.37. The van der Waals surface area contributed by atoms with E-state index in [1.807, 2.05) is 6.92 Å². The summed E-state index contributed by atoms with van der Waals surface area (Å²) >= 11 is 1.56. The van der Waals surface area contributed by atoms with Crippen LogP contribution in [0.1, 0.15) is 23.7 Å². The highest BCUT2D eigenvalue weighted by Gasteiger charge is 2.27. The number of carbonyl (C=O) groups is 1. The Bertz CT molecular complexity index is 317. The Kier molecular flexibility index (Phi) is 2.71. The number of nitrogens with zero attached hydrogens (tertiary/aromatic N) is 1. The fraction of sp³-hybridized carbons (Fsp3) is 0.556. The molecule has 1 aromatic rings. The van der Waals surface area contributed by atoms with Crippen molar-refractivity contribution in [3.8, 4) is 0 Å². The van der Waals surface area contributed by atoms with Crippen LogP contribution in [-0.2, 0) is 11.2 Å². The molecule has 0 radical (unpaired) electrons. The van der Waals surface area contributed by atoms with E-state index in [1.165, 1.54) is 0 Å². The smallest absolute Gasteiger partial charge is 0.309 e. The average Bonchev–Trinajstić information content (AvgIpc) is 2.34. The second-order valence-electron chi connectivity index (χ2n) is 3.71. The molecule has 4 heteroatoms. The molecule has 1 aromatic heterocycles. The minimum absolute atomic E-state index is 0.549. The maximum Gasteiger partial charge on any atom is 0.309 e. The molecule has 0 fully saturated rings. The lowest BCUT2D eigenvalue weighted by Crippen LogP contribution is -2.25. The molecule has 0 saturated heterocycles. The molecule has 1 N–H and O–H groups in total. The summed E-state index contributed by atoms with van der Waals surface area (Å²) in [6.07, 6.45) is 2.30. The summed E-state index contributed by atoms with van der Waals surface area (Å²) in [5.41, 5.74) is -0.695. The molecule has 72 valence electrons. The molecule has 1 rings (SSSR count). The highest BCUT2D eigenvalue weighted by Crippen LogP contribution is 2.25. The van der Waals surface area contributed by atoms with Gasteiger partial charge >= 0.3 is 5.97 Å². The summed E-state index contributed by atoms with van der Waals surface area (Å²) in [5.74, 6) is -0.765. The van der Waals surface area contributed by atoms with Gasteiger partial charge in [0.2, 0.25) is 0 Å². The van der Waals surface area contributed by atoms with Crippen molar-refractivity contribution < 1.29 is 9.90 Å². The van der Waals surface area contributed by atoms with Gasteiger partial charge in [-0.15, -0.1) is 11.3 Å². The van der Waals surface area contributed by atoms with Gasteiger partial charge in [0.15, 0.2) is 0 Å². The number of hydrogen-bond acceptors (Lipinski definition) is 3. The third kappa shape index (κ3) is 2.52. The first-order valence-corrected chi connectivity index (χ1v) is 4.88. The number of thiazole rings is 1. The lowest BCUT2D eigenvalue weighted by Gasteiger charge is -2.16. The fourth-order valence-corrected chi connectivity index (χ4v) is 2.02. The van der Waals surface area contributed by atoms with Crippen molar-refractivity contribution in [3.63, 3.8) is 0 Å². The van der Waals surface area contributed by atoms with Crippen molar-refractivity contribution in [2.45, 2.75) is 27.2 Å². The number of aliphatic carboxylic acids is 1. The van der Waals surface area contributed by atoms with Crippen LogP contribution in [0.25, 0.3) is 0 Å². The first-order valence-electron chi connectivity index (χ1n) is 4.06. The van der Waals surface area contributed by atoms with Crippen molar-refractivity contribution in [2.24, 2.45) is 5.41 Å². The van der Waals surface area contributed by atoms with Crippen LogP contribution in [0.4, 0.5) is 0 Å². The van der Waals surface area contributed by atoms with Crippen LogP contribution in [0.5, 0.6) is 0 Å². The zero-order valence-electron chi connectivity index (χ0n) is 8.00. The second kappa shape index (κ2) is 3.46. The first-order chi connectivity index (χ1) is 5.92. The van der Waals surface area contributed by atoms with Crippen LogP contribution >= 0.6 is 11.3 Å². The molecular weight excluding hydrogens is 186 g/mol. The van der Waals surface area contributed by atoms with Crippen LogP contribution in [-0.4, -0.2) is 16.1 Å². The normalized spacial score (nSPS) is 11.6. The van der Waals surface area contributed by atoms with E-state index in [1.54, 1.807) is 31.4 Å². The minimum atomic E-state index is -0.765. The average molecular weight is 199 g/mol. The van der Waals surface area contributed by atoms with Gasteiger partial charge in [0.25, 0.3) is 0 Å². The number of rotatable bonds is 3. The van der Waals surface area contributed by atoms with Crippen molar-refractivity contribution in [2.75, 3.05) is 0 Å². The highest BCUT2D eigenvalue weighted by atomic mass is 32.1. The largest absolute Gasteiger partial charge is 0.481 e. The van der Waals surface area contributed by atoms with Gasteiger partial charge in [0, 0.05) is 11.1 Å². The van der Waals surface area contributed by atoms with Crippen molar-refractivity contribution in [1.29, 1.82) is 0 Å². The fourth-order valence-electron chi connectivity index (χ4n) is 0.998. The van der Waals surface area contributed by atoms with Gasteiger partial charge in [0.1, 0.15) is 0 Å². The topological polar surface area (TPSA) is 50.2 Å². The Labute approximate surface area is 81.4 Å². The Morgan fingerprint density at radius 2 is 2.31 bits per heavy atom. The summed E-state index contributed by atoms with van der Waals surface area (Å²) in [4.78, 5) is 15.9. The van der Waals surface area contributed by atoms with Gasteiger partial charge < -0.3 is 5.11 Å². The molecule has 0 unspecified atom stereocenters. The second-order valence-corrected chi connectivity index (χ2v) is 5.03. The minimum Gasteiger partial charge on any atom is -0.481 e. The number of hydrogen-bond donors (Lipinski definition) is 1. The summed E-state index contributed by atoms with van der Waals surface area (Å²) in [7, 11) is 0. The highest BCUT2D eigenvalue weighted by molar-refractivity contribution is 7.11. The van der Waals surface area contributed by atoms with Gasteiger partial charge in [0.05, 0.1) is 10.4 Å². The molecule has 0 aromatic carbocycles. The molecular formula is C9H13NO2S. The molecule has 0 aliphatic heterocycles. The lowest BCUT2D eigenvalue weighted by atomic mass is 9.89. The third-order valence-corrected chi connectivity index (χ3v) is 2.78. The first kappa shape index (κ1) is 10.2. The molecule has 0 amide bonds. The predicted octanol–water partition coefficient (Wildman–Crippen LogP) is 2.10. The number of aryl methyl sites for hydroxylation is 1. The Balaban J connectivity index is 2.74. The maximum absolute atomic E-state index is 10.8. The maximum atomic E-state index is 10.8. The number of aromatic nitrogens is 1. The molecule has 13 heavy (non-hydrogen) atoms. The van der Waals surface area contributed by atoms with Crippen molar-refractivity contribution in [1.82, 2.24) is 4.98 Å². The van der Waals surface area contributed by atoms with Crippen LogP contribution < -0.4 is 0 Å². The predicted molar refractivity (Wildman–Crippen MR) is 52.0 cm³/mol. The van der Waals surface area contributed by atoms with Crippen LogP contribution in [0, 0.1) is 12.3 Å². The van der Waals surface area contributed by atoms with E-state index in [4.69, 9.17) is 5.11 Å². The SMILES string of the molecule is Cc1ncc(CC(C)(C)C(=O)O)s1. The van der Waals surface area contributed by atoms with E-state index >= 15 is 0 Å². The van der Waals surface area contributed by atoms with Crippen molar-refractivity contribution in [3.05, 3.63) is 16.1 Å². The van der Waals surface area contributed by atoms with Gasteiger partial charge in [-0.1, -0.05) is 0 Å². The van der Waals surface area contributed by atoms with E-state index in [9.17, 15) is 4.79 Å². The zero-order valence-corrected chi connectivity index (χ0v) is 8.81. The molecule has 0 bridgehead atoms. The van der Waals surface area contributed by atoms with E-state index in [-0.39, 0.29) is 0 Å². The molecule has 0 atom stereocenters. The van der Waals surface area contributed by atoms with Crippen molar-refractivity contribution >= 4 is 17.3 Å².